The van der Waals surface area contributed by atoms with Gasteiger partial charge in [-0.25, -0.2) is 18.1 Å². The Kier molecular flexibility index (Phi) is 4.47. The minimum atomic E-state index is -2.93. The van der Waals surface area contributed by atoms with Gasteiger partial charge in [0.15, 0.2) is 5.65 Å². The highest BCUT2D eigenvalue weighted by Crippen LogP contribution is 2.47. The van der Waals surface area contributed by atoms with Crippen LogP contribution in [-0.4, -0.2) is 52.0 Å². The van der Waals surface area contributed by atoms with Crippen LogP contribution in [0.3, 0.4) is 0 Å². The Hall–Kier alpha value is -2.67. The largest absolute Gasteiger partial charge is 0.388 e. The highest BCUT2D eigenvalue weighted by Gasteiger charge is 2.51. The predicted octanol–water partition coefficient (Wildman–Crippen LogP) is 2.24. The summed E-state index contributed by atoms with van der Waals surface area (Å²) < 4.78 is 25.5. The average molecular weight is 429 g/mol. The molecule has 4 heterocycles. The Bertz CT molecular complexity index is 1160. The Balaban J connectivity index is 1.48. The minimum Gasteiger partial charge on any atom is -0.388 e. The van der Waals surface area contributed by atoms with Crippen molar-refractivity contribution >= 4 is 32.3 Å². The number of nitriles is 1. The second-order valence-corrected chi connectivity index (χ2v) is 10.8. The van der Waals surface area contributed by atoms with Gasteiger partial charge in [0.1, 0.15) is 15.4 Å². The van der Waals surface area contributed by atoms with Crippen LogP contribution in [0.5, 0.6) is 0 Å². The summed E-state index contributed by atoms with van der Waals surface area (Å²) >= 11 is 0. The van der Waals surface area contributed by atoms with E-state index in [0.717, 1.165) is 28.0 Å². The molecular weight excluding hydrogens is 404 g/mol. The van der Waals surface area contributed by atoms with Gasteiger partial charge in [-0.15, -0.1) is 0 Å². The number of aryl methyl sites for hydroxylation is 1. The fourth-order valence-electron chi connectivity index (χ4n) is 4.69. The molecule has 0 radical (unpaired) electrons. The van der Waals surface area contributed by atoms with E-state index < -0.39 is 9.84 Å². The molecule has 0 aromatic carbocycles. The van der Waals surface area contributed by atoms with Crippen molar-refractivity contribution in [2.45, 2.75) is 57.2 Å². The Labute approximate surface area is 175 Å². The fraction of sp³-hybridized carbons (Fsp3) is 0.600. The van der Waals surface area contributed by atoms with E-state index in [-0.39, 0.29) is 29.1 Å². The summed E-state index contributed by atoms with van der Waals surface area (Å²) in [7, 11) is -2.93. The average Bonchev–Trinajstić information content (AvgIpc) is 3.33. The van der Waals surface area contributed by atoms with Crippen molar-refractivity contribution in [2.75, 3.05) is 16.8 Å². The van der Waals surface area contributed by atoms with Gasteiger partial charge in [0.2, 0.25) is 0 Å². The van der Waals surface area contributed by atoms with Gasteiger partial charge in [0.25, 0.3) is 0 Å². The normalized spacial score (nSPS) is 23.0. The summed E-state index contributed by atoms with van der Waals surface area (Å²) in [6, 6.07) is 2.36. The van der Waals surface area contributed by atoms with Crippen LogP contribution in [0.1, 0.15) is 44.6 Å². The Morgan fingerprint density at radius 1 is 1.33 bits per heavy atom. The summed E-state index contributed by atoms with van der Waals surface area (Å²) in [4.78, 5) is 10.4. The van der Waals surface area contributed by atoms with Gasteiger partial charge in [0.05, 0.1) is 46.5 Å². The maximum atomic E-state index is 11.8. The molecule has 1 saturated heterocycles. The van der Waals surface area contributed by atoms with Crippen LogP contribution in [0.2, 0.25) is 0 Å². The van der Waals surface area contributed by atoms with E-state index in [1.54, 1.807) is 12.4 Å². The molecule has 158 valence electrons. The van der Waals surface area contributed by atoms with Crippen LogP contribution in [0, 0.1) is 17.2 Å². The molecule has 0 unspecified atom stereocenters. The second kappa shape index (κ2) is 6.94. The van der Waals surface area contributed by atoms with E-state index in [0.29, 0.717) is 38.6 Å². The van der Waals surface area contributed by atoms with E-state index >= 15 is 0 Å². The molecule has 30 heavy (non-hydrogen) atoms. The number of sulfone groups is 1. The van der Waals surface area contributed by atoms with Gasteiger partial charge in [-0.3, -0.25) is 0 Å². The first-order chi connectivity index (χ1) is 14.4. The smallest absolute Gasteiger partial charge is 0.159 e. The SMILES string of the molecule is CCn1ncc2c(NC3CCS(=O)(=O)CC3)c(C3=NOC4(C3)CC(C#N)C4)cnc21. The zero-order valence-corrected chi connectivity index (χ0v) is 17.7. The summed E-state index contributed by atoms with van der Waals surface area (Å²) in [6.45, 7) is 2.72. The number of aromatic nitrogens is 3. The van der Waals surface area contributed by atoms with Crippen LogP contribution >= 0.6 is 0 Å². The third-order valence-electron chi connectivity index (χ3n) is 6.44. The number of nitrogens with zero attached hydrogens (tertiary/aromatic N) is 5. The molecule has 2 aliphatic heterocycles. The third kappa shape index (κ3) is 3.21. The molecular formula is C20H24N6O3S. The molecule has 0 amide bonds. The van der Waals surface area contributed by atoms with Crippen molar-refractivity contribution < 1.29 is 13.3 Å². The van der Waals surface area contributed by atoms with Crippen molar-refractivity contribution in [3.8, 4) is 6.07 Å². The molecule has 2 fully saturated rings. The molecule has 9 nitrogen and oxygen atoms in total. The lowest BCUT2D eigenvalue weighted by atomic mass is 9.69. The summed E-state index contributed by atoms with van der Waals surface area (Å²) in [6.07, 6.45) is 6.80. The van der Waals surface area contributed by atoms with E-state index in [1.165, 1.54) is 0 Å². The van der Waals surface area contributed by atoms with Crippen molar-refractivity contribution in [3.05, 3.63) is 18.0 Å². The van der Waals surface area contributed by atoms with E-state index in [1.807, 2.05) is 11.6 Å². The van der Waals surface area contributed by atoms with Crippen molar-refractivity contribution in [1.82, 2.24) is 14.8 Å². The molecule has 0 atom stereocenters. The highest BCUT2D eigenvalue weighted by molar-refractivity contribution is 7.91. The topological polar surface area (TPSA) is 122 Å². The molecule has 3 aliphatic rings. The third-order valence-corrected chi connectivity index (χ3v) is 8.15. The number of oxime groups is 1. The quantitative estimate of drug-likeness (QED) is 0.792. The first kappa shape index (κ1) is 19.3. The van der Waals surface area contributed by atoms with Gasteiger partial charge >= 0.3 is 0 Å². The number of pyridine rings is 1. The first-order valence-electron chi connectivity index (χ1n) is 10.4. The zero-order valence-electron chi connectivity index (χ0n) is 16.8. The van der Waals surface area contributed by atoms with E-state index in [4.69, 9.17) is 10.1 Å². The molecule has 1 spiro atoms. The van der Waals surface area contributed by atoms with Gasteiger partial charge < -0.3 is 10.2 Å². The molecule has 5 rings (SSSR count). The standard InChI is InChI=1S/C20H24N6O3S/c1-2-26-19-16(12-23-26)18(24-14-3-5-30(27,28)6-4-14)15(11-22-19)17-9-20(29-25-17)7-13(8-20)10-21/h11-14H,2-9H2,1H3,(H,22,24). The maximum absolute atomic E-state index is 11.8. The van der Waals surface area contributed by atoms with Crippen LogP contribution in [0.15, 0.2) is 17.5 Å². The summed E-state index contributed by atoms with van der Waals surface area (Å²) in [5.74, 6) is 0.431. The lowest BCUT2D eigenvalue weighted by Gasteiger charge is -2.38. The number of nitrogens with one attached hydrogen (secondary N) is 1. The monoisotopic (exact) mass is 428 g/mol. The number of hydrogen-bond acceptors (Lipinski definition) is 8. The van der Waals surface area contributed by atoms with Crippen LogP contribution in [0.4, 0.5) is 5.69 Å². The van der Waals surface area contributed by atoms with E-state index in [9.17, 15) is 8.42 Å². The van der Waals surface area contributed by atoms with Crippen molar-refractivity contribution in [3.63, 3.8) is 0 Å². The maximum Gasteiger partial charge on any atom is 0.159 e. The summed E-state index contributed by atoms with van der Waals surface area (Å²) in [5.41, 5.74) is 2.99. The molecule has 1 aliphatic carbocycles. The first-order valence-corrected chi connectivity index (χ1v) is 12.2. The lowest BCUT2D eigenvalue weighted by Crippen LogP contribution is -2.43. The minimum absolute atomic E-state index is 0.0322. The Morgan fingerprint density at radius 3 is 2.80 bits per heavy atom. The number of hydrogen-bond donors (Lipinski definition) is 1. The fourth-order valence-corrected chi connectivity index (χ4v) is 6.18. The number of fused-ring (bicyclic) bond motifs is 1. The predicted molar refractivity (Wildman–Crippen MR) is 112 cm³/mol. The second-order valence-electron chi connectivity index (χ2n) is 8.54. The van der Waals surface area contributed by atoms with Gasteiger partial charge in [-0.1, -0.05) is 5.16 Å². The van der Waals surface area contributed by atoms with Crippen LogP contribution in [-0.2, 0) is 21.2 Å². The van der Waals surface area contributed by atoms with Crippen LogP contribution < -0.4 is 5.32 Å². The van der Waals surface area contributed by atoms with Crippen molar-refractivity contribution in [1.29, 1.82) is 5.26 Å². The summed E-state index contributed by atoms with van der Waals surface area (Å²) in [5, 5.41) is 22.4. The van der Waals surface area contributed by atoms with Crippen molar-refractivity contribution in [2.24, 2.45) is 11.1 Å². The van der Waals surface area contributed by atoms with Gasteiger partial charge in [0, 0.05) is 43.6 Å². The number of anilines is 1. The molecule has 1 N–H and O–H groups in total. The van der Waals surface area contributed by atoms with Crippen LogP contribution in [0.25, 0.3) is 11.0 Å². The highest BCUT2D eigenvalue weighted by atomic mass is 32.2. The molecule has 2 aromatic heterocycles. The molecule has 2 aromatic rings. The zero-order chi connectivity index (χ0) is 20.9. The van der Waals surface area contributed by atoms with Gasteiger partial charge in [-0.2, -0.15) is 10.4 Å². The number of rotatable bonds is 4. The molecule has 1 saturated carbocycles. The molecule has 10 heteroatoms. The van der Waals surface area contributed by atoms with Gasteiger partial charge in [-0.05, 0) is 19.8 Å². The lowest BCUT2D eigenvalue weighted by molar-refractivity contribution is -0.0941. The molecule has 0 bridgehead atoms. The van der Waals surface area contributed by atoms with E-state index in [2.05, 4.69) is 26.6 Å². The Morgan fingerprint density at radius 2 is 2.10 bits per heavy atom.